The van der Waals surface area contributed by atoms with Crippen LogP contribution < -0.4 is 20.7 Å². The molecule has 3 rings (SSSR count). The molecular weight excluding hydrogens is 533 g/mol. The molecule has 9 heteroatoms. The van der Waals surface area contributed by atoms with Gasteiger partial charge in [-0.3, -0.25) is 14.6 Å². The fourth-order valence-electron chi connectivity index (χ4n) is 3.51. The zero-order chi connectivity index (χ0) is 22.9. The van der Waals surface area contributed by atoms with E-state index in [0.717, 1.165) is 29.8 Å². The first kappa shape index (κ1) is 26.4. The monoisotopic (exact) mass is 565 g/mol. The number of piperazine rings is 1. The van der Waals surface area contributed by atoms with Crippen LogP contribution in [0.1, 0.15) is 27.0 Å². The smallest absolute Gasteiger partial charge is 0.254 e. The molecule has 1 aliphatic rings. The Bertz CT molecular complexity index is 979. The summed E-state index contributed by atoms with van der Waals surface area (Å²) in [4.78, 5) is 29.9. The van der Waals surface area contributed by atoms with E-state index in [2.05, 4.69) is 39.1 Å². The van der Waals surface area contributed by atoms with E-state index in [4.69, 9.17) is 4.74 Å². The van der Waals surface area contributed by atoms with Crippen LogP contribution in [0.3, 0.4) is 0 Å². The molecule has 2 aromatic rings. The Hall–Kier alpha value is -2.82. The molecular formula is C24H32IN5O3. The molecule has 0 atom stereocenters. The minimum atomic E-state index is -0.121. The lowest BCUT2D eigenvalue weighted by atomic mass is 10.1. The van der Waals surface area contributed by atoms with E-state index in [0.29, 0.717) is 31.2 Å². The van der Waals surface area contributed by atoms with Gasteiger partial charge in [0.15, 0.2) is 5.96 Å². The van der Waals surface area contributed by atoms with Crippen molar-refractivity contribution in [2.45, 2.75) is 19.9 Å². The van der Waals surface area contributed by atoms with Gasteiger partial charge in [0, 0.05) is 38.8 Å². The van der Waals surface area contributed by atoms with Crippen molar-refractivity contribution in [2.24, 2.45) is 4.99 Å². The Labute approximate surface area is 212 Å². The van der Waals surface area contributed by atoms with Crippen LogP contribution in [-0.4, -0.2) is 63.0 Å². The third-order valence-corrected chi connectivity index (χ3v) is 5.39. The molecule has 0 aliphatic carbocycles. The zero-order valence-corrected chi connectivity index (χ0v) is 21.6. The number of guanidine groups is 1. The van der Waals surface area contributed by atoms with Gasteiger partial charge in [0.1, 0.15) is 5.75 Å². The first-order valence-electron chi connectivity index (χ1n) is 10.7. The molecule has 0 saturated carbocycles. The first-order valence-corrected chi connectivity index (χ1v) is 10.7. The number of ether oxygens (including phenoxy) is 1. The van der Waals surface area contributed by atoms with Crippen molar-refractivity contribution in [1.82, 2.24) is 20.9 Å². The summed E-state index contributed by atoms with van der Waals surface area (Å²) < 4.78 is 5.39. The molecule has 0 bridgehead atoms. The summed E-state index contributed by atoms with van der Waals surface area (Å²) in [6.07, 6.45) is 0.850. The van der Waals surface area contributed by atoms with Crippen molar-refractivity contribution >= 4 is 41.8 Å². The van der Waals surface area contributed by atoms with Gasteiger partial charge in [-0.25, -0.2) is 0 Å². The SMILES string of the molecule is CN=C(NCCc1ccc(C)c(OC)c1)NCc1ccc(C(=O)N2CCNC(=O)C2)cc1.I. The maximum absolute atomic E-state index is 12.6. The number of nitrogens with zero attached hydrogens (tertiary/aromatic N) is 2. The number of benzene rings is 2. The van der Waals surface area contributed by atoms with Gasteiger partial charge in [-0.2, -0.15) is 0 Å². The maximum Gasteiger partial charge on any atom is 0.254 e. The minimum absolute atomic E-state index is 0. The average molecular weight is 565 g/mol. The lowest BCUT2D eigenvalue weighted by Gasteiger charge is -2.26. The van der Waals surface area contributed by atoms with Gasteiger partial charge in [-0.15, -0.1) is 24.0 Å². The molecule has 1 fully saturated rings. The second kappa shape index (κ2) is 13.0. The predicted octanol–water partition coefficient (Wildman–Crippen LogP) is 2.10. The van der Waals surface area contributed by atoms with E-state index in [1.165, 1.54) is 5.56 Å². The molecule has 2 amide bonds. The van der Waals surface area contributed by atoms with Crippen molar-refractivity contribution in [3.05, 3.63) is 64.7 Å². The van der Waals surface area contributed by atoms with E-state index in [9.17, 15) is 9.59 Å². The lowest BCUT2D eigenvalue weighted by Crippen LogP contribution is -2.49. The molecule has 0 spiro atoms. The molecule has 0 radical (unpaired) electrons. The molecule has 0 aromatic heterocycles. The summed E-state index contributed by atoms with van der Waals surface area (Å²) >= 11 is 0. The van der Waals surface area contributed by atoms with Gasteiger partial charge in [-0.1, -0.05) is 24.3 Å². The largest absolute Gasteiger partial charge is 0.496 e. The molecule has 8 nitrogen and oxygen atoms in total. The van der Waals surface area contributed by atoms with Gasteiger partial charge in [-0.05, 0) is 48.2 Å². The van der Waals surface area contributed by atoms with Gasteiger partial charge in [0.25, 0.3) is 5.91 Å². The summed E-state index contributed by atoms with van der Waals surface area (Å²) in [5, 5.41) is 9.33. The number of nitrogens with one attached hydrogen (secondary N) is 3. The molecule has 1 saturated heterocycles. The molecule has 2 aromatic carbocycles. The van der Waals surface area contributed by atoms with Gasteiger partial charge in [0.2, 0.25) is 5.91 Å². The number of hydrogen-bond acceptors (Lipinski definition) is 4. The summed E-state index contributed by atoms with van der Waals surface area (Å²) in [6, 6.07) is 13.7. The minimum Gasteiger partial charge on any atom is -0.496 e. The quantitative estimate of drug-likeness (QED) is 0.272. The molecule has 178 valence electrons. The van der Waals surface area contributed by atoms with Gasteiger partial charge in [0.05, 0.1) is 13.7 Å². The number of rotatable bonds is 7. The second-order valence-electron chi connectivity index (χ2n) is 7.68. The highest BCUT2D eigenvalue weighted by Gasteiger charge is 2.22. The number of methoxy groups -OCH3 is 1. The van der Waals surface area contributed by atoms with Crippen LogP contribution in [0.5, 0.6) is 5.75 Å². The Balaban J connectivity index is 0.00000385. The number of aliphatic imine (C=N–C) groups is 1. The molecule has 0 unspecified atom stereocenters. The van der Waals surface area contributed by atoms with Gasteiger partial charge >= 0.3 is 0 Å². The van der Waals surface area contributed by atoms with Crippen LogP contribution in [0.4, 0.5) is 0 Å². The summed E-state index contributed by atoms with van der Waals surface area (Å²) in [5.41, 5.74) is 3.93. The number of hydrogen-bond donors (Lipinski definition) is 3. The fraction of sp³-hybridized carbons (Fsp3) is 0.375. The van der Waals surface area contributed by atoms with Gasteiger partial charge < -0.3 is 25.6 Å². The number of aryl methyl sites for hydroxylation is 1. The van der Waals surface area contributed by atoms with Crippen molar-refractivity contribution < 1.29 is 14.3 Å². The van der Waals surface area contributed by atoms with Crippen molar-refractivity contribution in [1.29, 1.82) is 0 Å². The molecule has 1 heterocycles. The van der Waals surface area contributed by atoms with Crippen molar-refractivity contribution in [2.75, 3.05) is 40.3 Å². The Morgan fingerprint density at radius 3 is 2.55 bits per heavy atom. The zero-order valence-electron chi connectivity index (χ0n) is 19.3. The Morgan fingerprint density at radius 2 is 1.88 bits per heavy atom. The Morgan fingerprint density at radius 1 is 1.15 bits per heavy atom. The first-order chi connectivity index (χ1) is 15.5. The third-order valence-electron chi connectivity index (χ3n) is 5.39. The molecule has 33 heavy (non-hydrogen) atoms. The number of carbonyl (C=O) groups excluding carboxylic acids is 2. The van der Waals surface area contributed by atoms with E-state index in [1.807, 2.05) is 19.1 Å². The standard InChI is InChI=1S/C24H31N5O3.HI/c1-17-4-5-18(14-21(17)32-3)10-11-27-24(25-2)28-15-19-6-8-20(9-7-19)23(31)29-13-12-26-22(30)16-29;/h4-9,14H,10-13,15-16H2,1-3H3,(H,26,30)(H2,25,27,28);1H. The third kappa shape index (κ3) is 7.62. The predicted molar refractivity (Wildman–Crippen MR) is 140 cm³/mol. The topological polar surface area (TPSA) is 95.1 Å². The summed E-state index contributed by atoms with van der Waals surface area (Å²) in [7, 11) is 3.42. The normalized spacial score (nSPS) is 13.6. The van der Waals surface area contributed by atoms with Crippen molar-refractivity contribution in [3.8, 4) is 5.75 Å². The van der Waals surface area contributed by atoms with E-state index < -0.39 is 0 Å². The molecule has 1 aliphatic heterocycles. The highest BCUT2D eigenvalue weighted by atomic mass is 127. The second-order valence-corrected chi connectivity index (χ2v) is 7.68. The lowest BCUT2D eigenvalue weighted by molar-refractivity contribution is -0.123. The van der Waals surface area contributed by atoms with E-state index in [1.54, 1.807) is 31.2 Å². The summed E-state index contributed by atoms with van der Waals surface area (Å²) in [6.45, 7) is 4.49. The van der Waals surface area contributed by atoms with Crippen LogP contribution in [0.15, 0.2) is 47.5 Å². The number of halogens is 1. The van der Waals surface area contributed by atoms with Crippen LogP contribution in [0, 0.1) is 6.92 Å². The van der Waals surface area contributed by atoms with E-state index in [-0.39, 0.29) is 42.3 Å². The number of carbonyl (C=O) groups is 2. The fourth-order valence-corrected chi connectivity index (χ4v) is 3.51. The maximum atomic E-state index is 12.6. The van der Waals surface area contributed by atoms with Crippen molar-refractivity contribution in [3.63, 3.8) is 0 Å². The van der Waals surface area contributed by atoms with E-state index >= 15 is 0 Å². The number of amides is 2. The Kier molecular flexibility index (Phi) is 10.4. The highest BCUT2D eigenvalue weighted by Crippen LogP contribution is 2.19. The van der Waals surface area contributed by atoms with Crippen LogP contribution >= 0.6 is 24.0 Å². The highest BCUT2D eigenvalue weighted by molar-refractivity contribution is 14.0. The van der Waals surface area contributed by atoms with Crippen LogP contribution in [0.2, 0.25) is 0 Å². The molecule has 3 N–H and O–H groups in total. The summed E-state index contributed by atoms with van der Waals surface area (Å²) in [5.74, 6) is 1.37. The van der Waals surface area contributed by atoms with Crippen LogP contribution in [-0.2, 0) is 17.8 Å². The van der Waals surface area contributed by atoms with Crippen LogP contribution in [0.25, 0.3) is 0 Å². The average Bonchev–Trinajstić information content (AvgIpc) is 2.82.